The second-order valence-electron chi connectivity index (χ2n) is 4.62. The quantitative estimate of drug-likeness (QED) is 0.687. The molecule has 0 radical (unpaired) electrons. The third-order valence-electron chi connectivity index (χ3n) is 2.89. The zero-order valence-electron chi connectivity index (χ0n) is 9.50. The predicted octanol–water partition coefficient (Wildman–Crippen LogP) is 3.42. The van der Waals surface area contributed by atoms with Gasteiger partial charge >= 0.3 is 0 Å². The van der Waals surface area contributed by atoms with Crippen LogP contribution in [0, 0.1) is 5.92 Å². The van der Waals surface area contributed by atoms with Gasteiger partial charge in [0.15, 0.2) is 0 Å². The zero-order valence-corrected chi connectivity index (χ0v) is 9.50. The van der Waals surface area contributed by atoms with E-state index in [0.717, 1.165) is 18.8 Å². The summed E-state index contributed by atoms with van der Waals surface area (Å²) in [6.45, 7) is 4.43. The number of hydrogen-bond donors (Lipinski definition) is 1. The Labute approximate surface area is 88.1 Å². The molecule has 14 heavy (non-hydrogen) atoms. The van der Waals surface area contributed by atoms with E-state index in [1.54, 1.807) is 0 Å². The van der Waals surface area contributed by atoms with Gasteiger partial charge in [-0.05, 0) is 44.9 Å². The van der Waals surface area contributed by atoms with Gasteiger partial charge in [0, 0.05) is 6.04 Å². The van der Waals surface area contributed by atoms with Crippen LogP contribution in [0.2, 0.25) is 0 Å². The summed E-state index contributed by atoms with van der Waals surface area (Å²) in [5.41, 5.74) is 7.26. The first-order valence-electron chi connectivity index (χ1n) is 5.79. The number of nitrogens with two attached hydrogens (primary N) is 1. The Balaban J connectivity index is 2.08. The highest BCUT2D eigenvalue weighted by Gasteiger charge is 2.05. The molecule has 0 saturated carbocycles. The van der Waals surface area contributed by atoms with Gasteiger partial charge in [-0.1, -0.05) is 30.7 Å². The fourth-order valence-electron chi connectivity index (χ4n) is 1.80. The first kappa shape index (κ1) is 11.5. The molecule has 0 aliphatic heterocycles. The molecule has 1 rings (SSSR count). The van der Waals surface area contributed by atoms with E-state index in [2.05, 4.69) is 32.1 Å². The van der Waals surface area contributed by atoms with Crippen LogP contribution in [0.3, 0.4) is 0 Å². The molecular weight excluding hydrogens is 170 g/mol. The zero-order chi connectivity index (χ0) is 10.4. The van der Waals surface area contributed by atoms with Gasteiger partial charge in [-0.2, -0.15) is 0 Å². The van der Waals surface area contributed by atoms with Crippen molar-refractivity contribution in [3.8, 4) is 0 Å². The molecule has 0 fully saturated rings. The predicted molar refractivity (Wildman–Crippen MR) is 63.1 cm³/mol. The monoisotopic (exact) mass is 193 g/mol. The lowest BCUT2D eigenvalue weighted by atomic mass is 9.95. The first-order valence-corrected chi connectivity index (χ1v) is 5.79. The lowest BCUT2D eigenvalue weighted by Crippen LogP contribution is -2.15. The average Bonchev–Trinajstić information content (AvgIpc) is 2.63. The Bertz CT molecular complexity index is 213. The lowest BCUT2D eigenvalue weighted by Gasteiger charge is -2.12. The lowest BCUT2D eigenvalue weighted by molar-refractivity contribution is 0.453. The molecule has 2 atom stereocenters. The van der Waals surface area contributed by atoms with E-state index in [0.29, 0.717) is 6.04 Å². The van der Waals surface area contributed by atoms with Crippen molar-refractivity contribution < 1.29 is 0 Å². The van der Waals surface area contributed by atoms with Crippen molar-refractivity contribution >= 4 is 0 Å². The van der Waals surface area contributed by atoms with Crippen molar-refractivity contribution in [2.24, 2.45) is 11.7 Å². The van der Waals surface area contributed by atoms with Crippen LogP contribution in [0.5, 0.6) is 0 Å². The molecule has 1 heteroatoms. The van der Waals surface area contributed by atoms with Gasteiger partial charge in [0.05, 0.1) is 0 Å². The molecule has 1 aliphatic rings. The third-order valence-corrected chi connectivity index (χ3v) is 2.89. The normalized spacial score (nSPS) is 19.5. The maximum Gasteiger partial charge on any atom is 0.00105 e. The summed E-state index contributed by atoms with van der Waals surface area (Å²) in [5.74, 6) is 0.816. The summed E-state index contributed by atoms with van der Waals surface area (Å²) < 4.78 is 0. The van der Waals surface area contributed by atoms with Gasteiger partial charge in [0.25, 0.3) is 0 Å². The van der Waals surface area contributed by atoms with Crippen LogP contribution in [-0.4, -0.2) is 6.04 Å². The van der Waals surface area contributed by atoms with E-state index >= 15 is 0 Å². The van der Waals surface area contributed by atoms with Gasteiger partial charge in [-0.25, -0.2) is 0 Å². The van der Waals surface area contributed by atoms with Gasteiger partial charge < -0.3 is 5.73 Å². The second-order valence-corrected chi connectivity index (χ2v) is 4.62. The van der Waals surface area contributed by atoms with Crippen molar-refractivity contribution in [2.45, 2.75) is 52.0 Å². The van der Waals surface area contributed by atoms with E-state index in [4.69, 9.17) is 5.73 Å². The minimum absolute atomic E-state index is 0.364. The molecule has 0 aromatic rings. The standard InChI is InChI=1S/C13H23N/c1-11(7-9-12(2)14)8-10-13-5-3-4-6-13/h3,5-6,11-12H,4,7-10,14H2,1-2H3. The maximum absolute atomic E-state index is 5.74. The molecule has 2 unspecified atom stereocenters. The summed E-state index contributed by atoms with van der Waals surface area (Å²) in [4.78, 5) is 0. The number of rotatable bonds is 6. The molecule has 0 saturated heterocycles. The fourth-order valence-corrected chi connectivity index (χ4v) is 1.80. The SMILES string of the molecule is CC(N)CCC(C)CCC1=CCC=C1. The topological polar surface area (TPSA) is 26.0 Å². The molecule has 0 amide bonds. The van der Waals surface area contributed by atoms with Crippen LogP contribution in [0.1, 0.15) is 46.0 Å². The molecular formula is C13H23N. The van der Waals surface area contributed by atoms with E-state index in [-0.39, 0.29) is 0 Å². The summed E-state index contributed by atoms with van der Waals surface area (Å²) in [6, 6.07) is 0.364. The Morgan fingerprint density at radius 1 is 1.29 bits per heavy atom. The molecule has 80 valence electrons. The van der Waals surface area contributed by atoms with Crippen molar-refractivity contribution in [3.05, 3.63) is 23.8 Å². The summed E-state index contributed by atoms with van der Waals surface area (Å²) >= 11 is 0. The van der Waals surface area contributed by atoms with Crippen LogP contribution in [-0.2, 0) is 0 Å². The van der Waals surface area contributed by atoms with Crippen LogP contribution < -0.4 is 5.73 Å². The highest BCUT2D eigenvalue weighted by atomic mass is 14.6. The Kier molecular flexibility index (Phi) is 4.95. The highest BCUT2D eigenvalue weighted by molar-refractivity contribution is 5.25. The molecule has 0 bridgehead atoms. The summed E-state index contributed by atoms with van der Waals surface area (Å²) in [5, 5.41) is 0. The van der Waals surface area contributed by atoms with Gasteiger partial charge in [0.2, 0.25) is 0 Å². The number of hydrogen-bond acceptors (Lipinski definition) is 1. The van der Waals surface area contributed by atoms with Crippen molar-refractivity contribution in [3.63, 3.8) is 0 Å². The Morgan fingerprint density at radius 2 is 2.07 bits per heavy atom. The Hall–Kier alpha value is -0.560. The first-order chi connectivity index (χ1) is 6.68. The van der Waals surface area contributed by atoms with Crippen LogP contribution in [0.4, 0.5) is 0 Å². The molecule has 1 nitrogen and oxygen atoms in total. The average molecular weight is 193 g/mol. The van der Waals surface area contributed by atoms with Gasteiger partial charge in [-0.15, -0.1) is 0 Å². The molecule has 1 aliphatic carbocycles. The second kappa shape index (κ2) is 6.02. The van der Waals surface area contributed by atoms with E-state index in [9.17, 15) is 0 Å². The van der Waals surface area contributed by atoms with Gasteiger partial charge in [-0.3, -0.25) is 0 Å². The van der Waals surface area contributed by atoms with Crippen LogP contribution in [0.25, 0.3) is 0 Å². The minimum atomic E-state index is 0.364. The summed E-state index contributed by atoms with van der Waals surface area (Å²) in [7, 11) is 0. The Morgan fingerprint density at radius 3 is 2.64 bits per heavy atom. The van der Waals surface area contributed by atoms with Crippen LogP contribution in [0.15, 0.2) is 23.8 Å². The molecule has 0 heterocycles. The minimum Gasteiger partial charge on any atom is -0.328 e. The summed E-state index contributed by atoms with van der Waals surface area (Å²) in [6.07, 6.45) is 13.0. The molecule has 0 spiro atoms. The van der Waals surface area contributed by atoms with E-state index in [1.165, 1.54) is 24.8 Å². The largest absolute Gasteiger partial charge is 0.328 e. The van der Waals surface area contributed by atoms with Crippen LogP contribution >= 0.6 is 0 Å². The van der Waals surface area contributed by atoms with Crippen molar-refractivity contribution in [2.75, 3.05) is 0 Å². The molecule has 0 aromatic heterocycles. The van der Waals surface area contributed by atoms with Crippen molar-refractivity contribution in [1.29, 1.82) is 0 Å². The fraction of sp³-hybridized carbons (Fsp3) is 0.692. The van der Waals surface area contributed by atoms with Gasteiger partial charge in [0.1, 0.15) is 0 Å². The van der Waals surface area contributed by atoms with E-state index in [1.807, 2.05) is 0 Å². The van der Waals surface area contributed by atoms with Crippen molar-refractivity contribution in [1.82, 2.24) is 0 Å². The molecule has 0 aromatic carbocycles. The maximum atomic E-state index is 5.74. The number of allylic oxidation sites excluding steroid dienone is 4. The highest BCUT2D eigenvalue weighted by Crippen LogP contribution is 2.20. The third kappa shape index (κ3) is 4.61. The molecule has 2 N–H and O–H groups in total. The smallest absolute Gasteiger partial charge is 0.00105 e. The van der Waals surface area contributed by atoms with E-state index < -0.39 is 0 Å².